The van der Waals surface area contributed by atoms with Crippen molar-refractivity contribution < 1.29 is 0 Å². The van der Waals surface area contributed by atoms with Crippen LogP contribution in [0.1, 0.15) is 26.7 Å². The standard InChI is InChI=1S/C10H19N/c1-4-10-6-5-7-11(8-10)9(2)3/h4,9-10H,1,5-8H2,2-3H3/t10-/m0/s1. The molecule has 1 rings (SSSR count). The average Bonchev–Trinajstić information content (AvgIpc) is 2.05. The van der Waals surface area contributed by atoms with E-state index in [2.05, 4.69) is 31.4 Å². The van der Waals surface area contributed by atoms with Crippen LogP contribution in [0.3, 0.4) is 0 Å². The van der Waals surface area contributed by atoms with Gasteiger partial charge in [0.25, 0.3) is 0 Å². The minimum Gasteiger partial charge on any atom is -0.300 e. The summed E-state index contributed by atoms with van der Waals surface area (Å²) in [6, 6.07) is 0.706. The third-order valence-electron chi connectivity index (χ3n) is 2.55. The van der Waals surface area contributed by atoms with Crippen LogP contribution in [0.15, 0.2) is 12.7 Å². The predicted octanol–water partition coefficient (Wildman–Crippen LogP) is 2.29. The van der Waals surface area contributed by atoms with Crippen molar-refractivity contribution in [3.63, 3.8) is 0 Å². The zero-order chi connectivity index (χ0) is 8.27. The van der Waals surface area contributed by atoms with Gasteiger partial charge in [0, 0.05) is 12.6 Å². The highest BCUT2D eigenvalue weighted by Gasteiger charge is 2.18. The first-order valence-corrected chi connectivity index (χ1v) is 4.60. The molecule has 1 fully saturated rings. The SMILES string of the molecule is C=C[C@H]1CCCN(C(C)C)C1. The molecule has 1 heteroatoms. The van der Waals surface area contributed by atoms with Gasteiger partial charge in [-0.2, -0.15) is 0 Å². The van der Waals surface area contributed by atoms with Gasteiger partial charge in [-0.3, -0.25) is 0 Å². The van der Waals surface area contributed by atoms with Gasteiger partial charge in [-0.25, -0.2) is 0 Å². The molecule has 1 atom stereocenters. The Labute approximate surface area is 70.1 Å². The summed E-state index contributed by atoms with van der Waals surface area (Å²) in [6.45, 7) is 10.9. The second-order valence-corrected chi connectivity index (χ2v) is 3.73. The van der Waals surface area contributed by atoms with Gasteiger partial charge in [0.05, 0.1) is 0 Å². The minimum absolute atomic E-state index is 0.706. The van der Waals surface area contributed by atoms with Gasteiger partial charge in [0.2, 0.25) is 0 Å². The van der Waals surface area contributed by atoms with Crippen LogP contribution in [-0.4, -0.2) is 24.0 Å². The first kappa shape index (κ1) is 8.79. The van der Waals surface area contributed by atoms with Crippen molar-refractivity contribution in [3.05, 3.63) is 12.7 Å². The van der Waals surface area contributed by atoms with E-state index in [0.717, 1.165) is 5.92 Å². The van der Waals surface area contributed by atoms with E-state index in [9.17, 15) is 0 Å². The lowest BCUT2D eigenvalue weighted by Gasteiger charge is -2.34. The number of piperidine rings is 1. The maximum absolute atomic E-state index is 3.85. The zero-order valence-electron chi connectivity index (χ0n) is 7.71. The Kier molecular flexibility index (Phi) is 3.13. The molecule has 1 aliphatic rings. The minimum atomic E-state index is 0.706. The number of hydrogen-bond acceptors (Lipinski definition) is 1. The highest BCUT2D eigenvalue weighted by atomic mass is 15.1. The molecule has 1 aliphatic heterocycles. The van der Waals surface area contributed by atoms with Gasteiger partial charge >= 0.3 is 0 Å². The van der Waals surface area contributed by atoms with Crippen molar-refractivity contribution in [2.24, 2.45) is 5.92 Å². The van der Waals surface area contributed by atoms with Crippen LogP contribution in [0.25, 0.3) is 0 Å². The van der Waals surface area contributed by atoms with E-state index in [1.165, 1.54) is 25.9 Å². The van der Waals surface area contributed by atoms with Crippen LogP contribution >= 0.6 is 0 Å². The lowest BCUT2D eigenvalue weighted by atomic mass is 9.97. The van der Waals surface area contributed by atoms with Crippen molar-refractivity contribution in [3.8, 4) is 0 Å². The third-order valence-corrected chi connectivity index (χ3v) is 2.55. The van der Waals surface area contributed by atoms with E-state index in [4.69, 9.17) is 0 Å². The number of hydrogen-bond donors (Lipinski definition) is 0. The molecule has 0 radical (unpaired) electrons. The molecule has 0 aliphatic carbocycles. The van der Waals surface area contributed by atoms with Crippen molar-refractivity contribution in [1.82, 2.24) is 4.90 Å². The van der Waals surface area contributed by atoms with Crippen LogP contribution in [0.5, 0.6) is 0 Å². The summed E-state index contributed by atoms with van der Waals surface area (Å²) in [4.78, 5) is 2.54. The van der Waals surface area contributed by atoms with E-state index in [0.29, 0.717) is 6.04 Å². The van der Waals surface area contributed by atoms with Gasteiger partial charge in [-0.15, -0.1) is 6.58 Å². The normalized spacial score (nSPS) is 27.4. The smallest absolute Gasteiger partial charge is 0.00469 e. The molecule has 0 saturated carbocycles. The fraction of sp³-hybridized carbons (Fsp3) is 0.800. The van der Waals surface area contributed by atoms with Crippen LogP contribution < -0.4 is 0 Å². The molecule has 1 nitrogen and oxygen atoms in total. The summed E-state index contributed by atoms with van der Waals surface area (Å²) in [5.74, 6) is 0.742. The fourth-order valence-corrected chi connectivity index (χ4v) is 1.70. The van der Waals surface area contributed by atoms with Crippen LogP contribution in [0, 0.1) is 5.92 Å². The van der Waals surface area contributed by atoms with Gasteiger partial charge < -0.3 is 4.90 Å². The largest absolute Gasteiger partial charge is 0.300 e. The predicted molar refractivity (Wildman–Crippen MR) is 49.6 cm³/mol. The van der Waals surface area contributed by atoms with Crippen LogP contribution in [0.2, 0.25) is 0 Å². The molecule has 0 bridgehead atoms. The highest BCUT2D eigenvalue weighted by Crippen LogP contribution is 2.18. The Morgan fingerprint density at radius 3 is 2.82 bits per heavy atom. The molecule has 0 N–H and O–H groups in total. The maximum Gasteiger partial charge on any atom is 0.00469 e. The van der Waals surface area contributed by atoms with Crippen LogP contribution in [0.4, 0.5) is 0 Å². The van der Waals surface area contributed by atoms with Gasteiger partial charge in [0.1, 0.15) is 0 Å². The molecule has 11 heavy (non-hydrogen) atoms. The molecule has 0 aromatic heterocycles. The number of nitrogens with zero attached hydrogens (tertiary/aromatic N) is 1. The van der Waals surface area contributed by atoms with Crippen molar-refractivity contribution in [1.29, 1.82) is 0 Å². The molecular weight excluding hydrogens is 134 g/mol. The Morgan fingerprint density at radius 2 is 2.27 bits per heavy atom. The summed E-state index contributed by atoms with van der Waals surface area (Å²) in [7, 11) is 0. The Morgan fingerprint density at radius 1 is 1.55 bits per heavy atom. The van der Waals surface area contributed by atoms with Crippen molar-refractivity contribution in [2.75, 3.05) is 13.1 Å². The van der Waals surface area contributed by atoms with Crippen LogP contribution in [-0.2, 0) is 0 Å². The van der Waals surface area contributed by atoms with E-state index in [1.54, 1.807) is 0 Å². The lowest BCUT2D eigenvalue weighted by Crippen LogP contribution is -2.39. The molecule has 0 aromatic rings. The first-order valence-electron chi connectivity index (χ1n) is 4.60. The second-order valence-electron chi connectivity index (χ2n) is 3.73. The maximum atomic E-state index is 3.85. The molecule has 1 heterocycles. The molecule has 0 aromatic carbocycles. The molecule has 0 amide bonds. The summed E-state index contributed by atoms with van der Waals surface area (Å²) in [5.41, 5.74) is 0. The quantitative estimate of drug-likeness (QED) is 0.550. The van der Waals surface area contributed by atoms with E-state index >= 15 is 0 Å². The second kappa shape index (κ2) is 3.91. The highest BCUT2D eigenvalue weighted by molar-refractivity contribution is 4.85. The van der Waals surface area contributed by atoms with Gasteiger partial charge in [0.15, 0.2) is 0 Å². The van der Waals surface area contributed by atoms with Crippen molar-refractivity contribution >= 4 is 0 Å². The average molecular weight is 153 g/mol. The molecule has 0 spiro atoms. The molecule has 0 unspecified atom stereocenters. The van der Waals surface area contributed by atoms with E-state index in [-0.39, 0.29) is 0 Å². The van der Waals surface area contributed by atoms with E-state index in [1.807, 2.05) is 0 Å². The number of rotatable bonds is 2. The topological polar surface area (TPSA) is 3.24 Å². The monoisotopic (exact) mass is 153 g/mol. The number of likely N-dealkylation sites (tertiary alicyclic amines) is 1. The molecule has 64 valence electrons. The Balaban J connectivity index is 2.39. The molecule has 1 saturated heterocycles. The van der Waals surface area contributed by atoms with Crippen molar-refractivity contribution in [2.45, 2.75) is 32.7 Å². The summed E-state index contributed by atoms with van der Waals surface area (Å²) >= 11 is 0. The first-order chi connectivity index (χ1) is 5.24. The fourth-order valence-electron chi connectivity index (χ4n) is 1.70. The Hall–Kier alpha value is -0.300. The summed E-state index contributed by atoms with van der Waals surface area (Å²) in [6.07, 6.45) is 4.79. The lowest BCUT2D eigenvalue weighted by molar-refractivity contribution is 0.158. The van der Waals surface area contributed by atoms with E-state index < -0.39 is 0 Å². The summed E-state index contributed by atoms with van der Waals surface area (Å²) < 4.78 is 0. The van der Waals surface area contributed by atoms with Gasteiger partial charge in [-0.1, -0.05) is 6.08 Å². The zero-order valence-corrected chi connectivity index (χ0v) is 7.71. The third kappa shape index (κ3) is 2.33. The Bertz CT molecular complexity index is 129. The molecular formula is C10H19N. The van der Waals surface area contributed by atoms with Gasteiger partial charge in [-0.05, 0) is 39.2 Å². The summed E-state index contributed by atoms with van der Waals surface area (Å²) in [5, 5.41) is 0.